The summed E-state index contributed by atoms with van der Waals surface area (Å²) in [4.78, 5) is 12.0. The average Bonchev–Trinajstić information content (AvgIpc) is 2.48. The molecule has 0 bridgehead atoms. The minimum absolute atomic E-state index is 0.219. The molecular formula is C15H11BrN2O. The Bertz CT molecular complexity index is 629. The summed E-state index contributed by atoms with van der Waals surface area (Å²) in [5.41, 5.74) is 2.83. The molecule has 2 rings (SSSR count). The molecule has 0 saturated heterocycles. The van der Waals surface area contributed by atoms with Crippen molar-refractivity contribution in [3.63, 3.8) is 0 Å². The number of nitrogens with zero attached hydrogens (tertiary/aromatic N) is 1. The summed E-state index contributed by atoms with van der Waals surface area (Å²) in [5.74, 6) is -0.219. The Morgan fingerprint density at radius 1 is 1.21 bits per heavy atom. The van der Waals surface area contributed by atoms with Gasteiger partial charge in [-0.2, -0.15) is 5.26 Å². The fourth-order valence-electron chi connectivity index (χ4n) is 1.61. The number of hydrogen-bond donors (Lipinski definition) is 1. The van der Waals surface area contributed by atoms with Crippen LogP contribution in [0.15, 0.2) is 48.5 Å². The second-order valence-corrected chi connectivity index (χ2v) is 4.54. The first-order valence-corrected chi connectivity index (χ1v) is 6.81. The lowest BCUT2D eigenvalue weighted by atomic mass is 10.1. The lowest BCUT2D eigenvalue weighted by molar-refractivity contribution is 0.102. The molecule has 0 fully saturated rings. The van der Waals surface area contributed by atoms with Crippen molar-refractivity contribution in [1.82, 2.24) is 0 Å². The zero-order chi connectivity index (χ0) is 13.7. The first-order valence-electron chi connectivity index (χ1n) is 5.69. The molecule has 0 atom stereocenters. The minimum Gasteiger partial charge on any atom is -0.322 e. The van der Waals surface area contributed by atoms with Crippen LogP contribution in [0.1, 0.15) is 21.5 Å². The van der Waals surface area contributed by atoms with Crippen LogP contribution in [0.25, 0.3) is 0 Å². The van der Waals surface area contributed by atoms with Gasteiger partial charge in [0.2, 0.25) is 0 Å². The predicted octanol–water partition coefficient (Wildman–Crippen LogP) is 3.71. The normalized spacial score (nSPS) is 9.68. The molecule has 2 aromatic carbocycles. The summed E-state index contributed by atoms with van der Waals surface area (Å²) < 4.78 is 0. The maximum atomic E-state index is 12.0. The Balaban J connectivity index is 2.13. The number of nitrogens with one attached hydrogen (secondary N) is 1. The fraction of sp³-hybridized carbons (Fsp3) is 0.0667. The molecule has 1 N–H and O–H groups in total. The molecule has 0 saturated carbocycles. The van der Waals surface area contributed by atoms with Crippen molar-refractivity contribution >= 4 is 27.5 Å². The van der Waals surface area contributed by atoms with E-state index in [9.17, 15) is 4.79 Å². The van der Waals surface area contributed by atoms with Crippen LogP contribution in [-0.4, -0.2) is 5.91 Å². The molecule has 0 heterocycles. The molecule has 3 nitrogen and oxygen atoms in total. The number of hydrogen-bond acceptors (Lipinski definition) is 2. The first kappa shape index (κ1) is 13.3. The largest absolute Gasteiger partial charge is 0.322 e. The Labute approximate surface area is 120 Å². The highest BCUT2D eigenvalue weighted by Gasteiger charge is 2.06. The topological polar surface area (TPSA) is 52.9 Å². The Kier molecular flexibility index (Phi) is 4.32. The number of benzene rings is 2. The van der Waals surface area contributed by atoms with E-state index in [4.69, 9.17) is 5.26 Å². The van der Waals surface area contributed by atoms with Gasteiger partial charge in [-0.3, -0.25) is 4.79 Å². The number of anilines is 1. The number of carbonyl (C=O) groups is 1. The number of alkyl halides is 1. The lowest BCUT2D eigenvalue weighted by Crippen LogP contribution is -2.11. The molecule has 1 amide bonds. The average molecular weight is 315 g/mol. The monoisotopic (exact) mass is 314 g/mol. The maximum Gasteiger partial charge on any atom is 0.255 e. The molecular weight excluding hydrogens is 304 g/mol. The molecule has 0 aromatic heterocycles. The molecule has 0 radical (unpaired) electrons. The highest BCUT2D eigenvalue weighted by Crippen LogP contribution is 2.13. The van der Waals surface area contributed by atoms with Crippen molar-refractivity contribution in [3.05, 3.63) is 65.2 Å². The highest BCUT2D eigenvalue weighted by molar-refractivity contribution is 9.08. The summed E-state index contributed by atoms with van der Waals surface area (Å²) in [5, 5.41) is 12.4. The Morgan fingerprint density at radius 2 is 1.95 bits per heavy atom. The van der Waals surface area contributed by atoms with Gasteiger partial charge in [0.15, 0.2) is 0 Å². The molecule has 19 heavy (non-hydrogen) atoms. The van der Waals surface area contributed by atoms with Gasteiger partial charge in [-0.05, 0) is 35.9 Å². The van der Waals surface area contributed by atoms with E-state index in [0.29, 0.717) is 11.1 Å². The van der Waals surface area contributed by atoms with Gasteiger partial charge in [0.1, 0.15) is 0 Å². The number of amides is 1. The summed E-state index contributed by atoms with van der Waals surface area (Å²) in [6.45, 7) is 0. The second-order valence-electron chi connectivity index (χ2n) is 3.98. The molecule has 0 aliphatic heterocycles. The number of halogens is 1. The lowest BCUT2D eigenvalue weighted by Gasteiger charge is -2.06. The smallest absolute Gasteiger partial charge is 0.255 e. The van der Waals surface area contributed by atoms with Gasteiger partial charge in [-0.15, -0.1) is 0 Å². The second kappa shape index (κ2) is 6.17. The first-order chi connectivity index (χ1) is 9.22. The van der Waals surface area contributed by atoms with E-state index in [-0.39, 0.29) is 5.91 Å². The van der Waals surface area contributed by atoms with Crippen LogP contribution in [0.2, 0.25) is 0 Å². The van der Waals surface area contributed by atoms with Crippen molar-refractivity contribution in [2.75, 3.05) is 5.32 Å². The van der Waals surface area contributed by atoms with Crippen molar-refractivity contribution < 1.29 is 4.79 Å². The van der Waals surface area contributed by atoms with Crippen LogP contribution in [0.5, 0.6) is 0 Å². The summed E-state index contributed by atoms with van der Waals surface area (Å²) >= 11 is 3.37. The maximum absolute atomic E-state index is 12.0. The van der Waals surface area contributed by atoms with E-state index < -0.39 is 0 Å². The standard InChI is InChI=1S/C15H11BrN2O/c16-9-11-4-6-14(7-5-11)18-15(19)13-3-1-2-12(8-13)10-17/h1-8H,9H2,(H,18,19). The van der Waals surface area contributed by atoms with E-state index in [1.54, 1.807) is 24.3 Å². The third-order valence-electron chi connectivity index (χ3n) is 2.62. The van der Waals surface area contributed by atoms with Crippen molar-refractivity contribution in [3.8, 4) is 6.07 Å². The molecule has 94 valence electrons. The van der Waals surface area contributed by atoms with E-state index in [0.717, 1.165) is 16.6 Å². The third-order valence-corrected chi connectivity index (χ3v) is 3.27. The van der Waals surface area contributed by atoms with Crippen LogP contribution in [0, 0.1) is 11.3 Å². The summed E-state index contributed by atoms with van der Waals surface area (Å²) in [6, 6.07) is 16.2. The van der Waals surface area contributed by atoms with E-state index in [1.165, 1.54) is 0 Å². The van der Waals surface area contributed by atoms with Crippen molar-refractivity contribution in [2.24, 2.45) is 0 Å². The van der Waals surface area contributed by atoms with Crippen LogP contribution in [-0.2, 0) is 5.33 Å². The molecule has 4 heteroatoms. The van der Waals surface area contributed by atoms with Gasteiger partial charge in [-0.1, -0.05) is 34.1 Å². The van der Waals surface area contributed by atoms with E-state index in [2.05, 4.69) is 21.2 Å². The zero-order valence-corrected chi connectivity index (χ0v) is 11.6. The van der Waals surface area contributed by atoms with Crippen LogP contribution in [0.4, 0.5) is 5.69 Å². The summed E-state index contributed by atoms with van der Waals surface area (Å²) in [6.07, 6.45) is 0. The minimum atomic E-state index is -0.219. The SMILES string of the molecule is N#Cc1cccc(C(=O)Nc2ccc(CBr)cc2)c1. The molecule has 2 aromatic rings. The van der Waals surface area contributed by atoms with Gasteiger partial charge in [0, 0.05) is 16.6 Å². The highest BCUT2D eigenvalue weighted by atomic mass is 79.9. The third kappa shape index (κ3) is 3.43. The Morgan fingerprint density at radius 3 is 2.58 bits per heavy atom. The zero-order valence-electron chi connectivity index (χ0n) is 10.1. The van der Waals surface area contributed by atoms with E-state index in [1.807, 2.05) is 30.3 Å². The molecule has 0 aliphatic carbocycles. The van der Waals surface area contributed by atoms with Gasteiger partial charge >= 0.3 is 0 Å². The van der Waals surface area contributed by atoms with Gasteiger partial charge < -0.3 is 5.32 Å². The Hall–Kier alpha value is -2.12. The van der Waals surface area contributed by atoms with Gasteiger partial charge in [0.25, 0.3) is 5.91 Å². The summed E-state index contributed by atoms with van der Waals surface area (Å²) in [7, 11) is 0. The molecule has 0 unspecified atom stereocenters. The van der Waals surface area contributed by atoms with Gasteiger partial charge in [-0.25, -0.2) is 0 Å². The van der Waals surface area contributed by atoms with Gasteiger partial charge in [0.05, 0.1) is 11.6 Å². The predicted molar refractivity (Wildman–Crippen MR) is 78.2 cm³/mol. The van der Waals surface area contributed by atoms with Crippen molar-refractivity contribution in [1.29, 1.82) is 5.26 Å². The number of carbonyl (C=O) groups excluding carboxylic acids is 1. The van der Waals surface area contributed by atoms with Crippen LogP contribution < -0.4 is 5.32 Å². The molecule has 0 aliphatic rings. The number of nitriles is 1. The number of rotatable bonds is 3. The van der Waals surface area contributed by atoms with Crippen molar-refractivity contribution in [2.45, 2.75) is 5.33 Å². The fourth-order valence-corrected chi connectivity index (χ4v) is 1.98. The van der Waals surface area contributed by atoms with Crippen LogP contribution >= 0.6 is 15.9 Å². The van der Waals surface area contributed by atoms with E-state index >= 15 is 0 Å². The molecule has 0 spiro atoms. The van der Waals surface area contributed by atoms with Crippen LogP contribution in [0.3, 0.4) is 0 Å². The quantitative estimate of drug-likeness (QED) is 0.878.